The quantitative estimate of drug-likeness (QED) is 0.893. The molecule has 2 N–H and O–H groups in total. The summed E-state index contributed by atoms with van der Waals surface area (Å²) in [4.78, 5) is 0. The highest BCUT2D eigenvalue weighted by atomic mass is 16.5. The van der Waals surface area contributed by atoms with Crippen LogP contribution in [-0.2, 0) is 6.61 Å². The molecule has 2 aromatic carbocycles. The van der Waals surface area contributed by atoms with Gasteiger partial charge < -0.3 is 15.2 Å². The topological polar surface area (TPSA) is 44.5 Å². The molecule has 3 heteroatoms. The molecule has 0 aliphatic heterocycles. The lowest BCUT2D eigenvalue weighted by Crippen LogP contribution is -2.08. The standard InChI is InChI=1S/C16H19NO2/c1-12(17)15-8-3-4-9-16(15)19-11-13-6-5-7-14(10-13)18-2/h3-10,12H,11,17H2,1-2H3/t12-/m0/s1. The number of hydrogen-bond acceptors (Lipinski definition) is 3. The minimum Gasteiger partial charge on any atom is -0.497 e. The third-order valence-corrected chi connectivity index (χ3v) is 2.94. The molecule has 0 spiro atoms. The molecule has 0 saturated carbocycles. The lowest BCUT2D eigenvalue weighted by atomic mass is 10.1. The highest BCUT2D eigenvalue weighted by molar-refractivity contribution is 5.36. The molecule has 0 amide bonds. The van der Waals surface area contributed by atoms with Gasteiger partial charge in [-0.15, -0.1) is 0 Å². The van der Waals surface area contributed by atoms with Crippen molar-refractivity contribution in [3.63, 3.8) is 0 Å². The van der Waals surface area contributed by atoms with Crippen molar-refractivity contribution < 1.29 is 9.47 Å². The minimum absolute atomic E-state index is 0.0403. The van der Waals surface area contributed by atoms with Crippen LogP contribution in [0.1, 0.15) is 24.1 Å². The van der Waals surface area contributed by atoms with Crippen LogP contribution in [0.15, 0.2) is 48.5 Å². The first-order valence-corrected chi connectivity index (χ1v) is 6.31. The lowest BCUT2D eigenvalue weighted by molar-refractivity contribution is 0.300. The number of nitrogens with two attached hydrogens (primary N) is 1. The first-order valence-electron chi connectivity index (χ1n) is 6.31. The summed E-state index contributed by atoms with van der Waals surface area (Å²) < 4.78 is 11.0. The van der Waals surface area contributed by atoms with Crippen molar-refractivity contribution in [1.29, 1.82) is 0 Å². The fourth-order valence-corrected chi connectivity index (χ4v) is 1.91. The second-order valence-electron chi connectivity index (χ2n) is 4.47. The molecule has 0 aromatic heterocycles. The van der Waals surface area contributed by atoms with Gasteiger partial charge in [-0.05, 0) is 30.7 Å². The molecule has 0 saturated heterocycles. The molecular weight excluding hydrogens is 238 g/mol. The van der Waals surface area contributed by atoms with Crippen LogP contribution in [0.25, 0.3) is 0 Å². The summed E-state index contributed by atoms with van der Waals surface area (Å²) in [5, 5.41) is 0. The molecule has 1 atom stereocenters. The largest absolute Gasteiger partial charge is 0.497 e. The Hall–Kier alpha value is -2.00. The number of rotatable bonds is 5. The van der Waals surface area contributed by atoms with Gasteiger partial charge in [0.05, 0.1) is 7.11 Å². The van der Waals surface area contributed by atoms with Crippen molar-refractivity contribution in [1.82, 2.24) is 0 Å². The van der Waals surface area contributed by atoms with E-state index in [1.807, 2.05) is 55.5 Å². The Morgan fingerprint density at radius 3 is 2.63 bits per heavy atom. The molecular formula is C16H19NO2. The summed E-state index contributed by atoms with van der Waals surface area (Å²) in [6.45, 7) is 2.45. The number of para-hydroxylation sites is 1. The molecule has 3 nitrogen and oxygen atoms in total. The Kier molecular flexibility index (Phi) is 4.42. The molecule has 2 aromatic rings. The average Bonchev–Trinajstić information content (AvgIpc) is 2.45. The van der Waals surface area contributed by atoms with E-state index >= 15 is 0 Å². The monoisotopic (exact) mass is 257 g/mol. The van der Waals surface area contributed by atoms with Crippen LogP contribution >= 0.6 is 0 Å². The molecule has 0 heterocycles. The maximum Gasteiger partial charge on any atom is 0.124 e. The summed E-state index contributed by atoms with van der Waals surface area (Å²) in [6, 6.07) is 15.7. The number of benzene rings is 2. The van der Waals surface area contributed by atoms with Crippen LogP contribution in [0, 0.1) is 0 Å². The van der Waals surface area contributed by atoms with Gasteiger partial charge in [0.1, 0.15) is 18.1 Å². The van der Waals surface area contributed by atoms with Crippen LogP contribution in [0.4, 0.5) is 0 Å². The zero-order valence-electron chi connectivity index (χ0n) is 11.3. The molecule has 100 valence electrons. The zero-order chi connectivity index (χ0) is 13.7. The SMILES string of the molecule is COc1cccc(COc2ccccc2[C@H](C)N)c1. The van der Waals surface area contributed by atoms with E-state index in [1.165, 1.54) is 0 Å². The predicted molar refractivity (Wildman–Crippen MR) is 76.4 cm³/mol. The van der Waals surface area contributed by atoms with Gasteiger partial charge in [-0.1, -0.05) is 30.3 Å². The molecule has 0 unspecified atom stereocenters. The van der Waals surface area contributed by atoms with Crippen molar-refractivity contribution in [2.45, 2.75) is 19.6 Å². The molecule has 0 aliphatic carbocycles. The normalized spacial score (nSPS) is 11.9. The highest BCUT2D eigenvalue weighted by Gasteiger charge is 2.07. The third kappa shape index (κ3) is 3.48. The molecule has 0 radical (unpaired) electrons. The van der Waals surface area contributed by atoms with E-state index in [9.17, 15) is 0 Å². The van der Waals surface area contributed by atoms with Gasteiger partial charge >= 0.3 is 0 Å². The Bertz CT molecular complexity index is 538. The first kappa shape index (κ1) is 13.4. The molecule has 0 bridgehead atoms. The van der Waals surface area contributed by atoms with E-state index in [1.54, 1.807) is 7.11 Å². The molecule has 2 rings (SSSR count). The maximum atomic E-state index is 5.93. The van der Waals surface area contributed by atoms with Gasteiger partial charge in [0, 0.05) is 11.6 Å². The number of ether oxygens (including phenoxy) is 2. The summed E-state index contributed by atoms with van der Waals surface area (Å²) in [7, 11) is 1.66. The number of hydrogen-bond donors (Lipinski definition) is 1. The molecule has 19 heavy (non-hydrogen) atoms. The zero-order valence-corrected chi connectivity index (χ0v) is 11.3. The van der Waals surface area contributed by atoms with E-state index in [-0.39, 0.29) is 6.04 Å². The van der Waals surface area contributed by atoms with Crippen LogP contribution < -0.4 is 15.2 Å². The average molecular weight is 257 g/mol. The smallest absolute Gasteiger partial charge is 0.124 e. The van der Waals surface area contributed by atoms with Crippen molar-refractivity contribution in [2.24, 2.45) is 5.73 Å². The number of methoxy groups -OCH3 is 1. The van der Waals surface area contributed by atoms with E-state index in [2.05, 4.69) is 0 Å². The Labute approximate surface area is 114 Å². The van der Waals surface area contributed by atoms with Crippen LogP contribution in [0.2, 0.25) is 0 Å². The first-order chi connectivity index (χ1) is 9.20. The van der Waals surface area contributed by atoms with E-state index in [4.69, 9.17) is 15.2 Å². The van der Waals surface area contributed by atoms with Gasteiger partial charge in [-0.25, -0.2) is 0 Å². The molecule has 0 aliphatic rings. The second-order valence-corrected chi connectivity index (χ2v) is 4.47. The van der Waals surface area contributed by atoms with Gasteiger partial charge in [-0.2, -0.15) is 0 Å². The molecule has 0 fully saturated rings. The second kappa shape index (κ2) is 6.25. The summed E-state index contributed by atoms with van der Waals surface area (Å²) in [6.07, 6.45) is 0. The lowest BCUT2D eigenvalue weighted by Gasteiger charge is -2.14. The van der Waals surface area contributed by atoms with Crippen LogP contribution in [0.3, 0.4) is 0 Å². The van der Waals surface area contributed by atoms with E-state index < -0.39 is 0 Å². The van der Waals surface area contributed by atoms with Crippen LogP contribution in [-0.4, -0.2) is 7.11 Å². The van der Waals surface area contributed by atoms with Crippen molar-refractivity contribution in [2.75, 3.05) is 7.11 Å². The van der Waals surface area contributed by atoms with E-state index in [0.29, 0.717) is 6.61 Å². The summed E-state index contributed by atoms with van der Waals surface area (Å²) in [5.41, 5.74) is 8.02. The Balaban J connectivity index is 2.10. The van der Waals surface area contributed by atoms with Gasteiger partial charge in [0.2, 0.25) is 0 Å². The Morgan fingerprint density at radius 2 is 1.89 bits per heavy atom. The fraction of sp³-hybridized carbons (Fsp3) is 0.250. The third-order valence-electron chi connectivity index (χ3n) is 2.94. The van der Waals surface area contributed by atoms with E-state index in [0.717, 1.165) is 22.6 Å². The van der Waals surface area contributed by atoms with Crippen molar-refractivity contribution in [3.8, 4) is 11.5 Å². The summed E-state index contributed by atoms with van der Waals surface area (Å²) in [5.74, 6) is 1.67. The van der Waals surface area contributed by atoms with Gasteiger partial charge in [-0.3, -0.25) is 0 Å². The van der Waals surface area contributed by atoms with Gasteiger partial charge in [0.15, 0.2) is 0 Å². The van der Waals surface area contributed by atoms with Crippen molar-refractivity contribution >= 4 is 0 Å². The van der Waals surface area contributed by atoms with Crippen molar-refractivity contribution in [3.05, 3.63) is 59.7 Å². The van der Waals surface area contributed by atoms with Crippen LogP contribution in [0.5, 0.6) is 11.5 Å². The highest BCUT2D eigenvalue weighted by Crippen LogP contribution is 2.24. The summed E-state index contributed by atoms with van der Waals surface area (Å²) >= 11 is 0. The Morgan fingerprint density at radius 1 is 1.11 bits per heavy atom. The minimum atomic E-state index is -0.0403. The van der Waals surface area contributed by atoms with Gasteiger partial charge in [0.25, 0.3) is 0 Å². The maximum absolute atomic E-state index is 5.93. The predicted octanol–water partition coefficient (Wildman–Crippen LogP) is 3.29. The fourth-order valence-electron chi connectivity index (χ4n) is 1.91.